The van der Waals surface area contributed by atoms with Crippen LogP contribution in [0.4, 0.5) is 4.39 Å². The minimum atomic E-state index is -0.352. The van der Waals surface area contributed by atoms with Gasteiger partial charge >= 0.3 is 0 Å². The van der Waals surface area contributed by atoms with Gasteiger partial charge in [-0.3, -0.25) is 4.90 Å². The van der Waals surface area contributed by atoms with Crippen LogP contribution in [0.5, 0.6) is 0 Å². The third-order valence-corrected chi connectivity index (χ3v) is 4.56. The molecule has 0 amide bonds. The second-order valence-corrected chi connectivity index (χ2v) is 6.33. The third kappa shape index (κ3) is 4.39. The van der Waals surface area contributed by atoms with Crippen LogP contribution in [0.25, 0.3) is 0 Å². The summed E-state index contributed by atoms with van der Waals surface area (Å²) in [5, 5.41) is 3.79. The van der Waals surface area contributed by atoms with Crippen LogP contribution in [0.2, 0.25) is 5.02 Å². The van der Waals surface area contributed by atoms with E-state index < -0.39 is 0 Å². The van der Waals surface area contributed by atoms with Crippen molar-refractivity contribution in [3.05, 3.63) is 34.6 Å². The van der Waals surface area contributed by atoms with E-state index in [-0.39, 0.29) is 10.8 Å². The fourth-order valence-electron chi connectivity index (χ4n) is 3.01. The number of piperazine rings is 1. The maximum absolute atomic E-state index is 13.3. The van der Waals surface area contributed by atoms with Crippen LogP contribution in [0, 0.1) is 5.82 Å². The number of benzene rings is 1. The topological polar surface area (TPSA) is 18.5 Å². The van der Waals surface area contributed by atoms with Crippen LogP contribution < -0.4 is 5.32 Å². The molecule has 3 nitrogen and oxygen atoms in total. The van der Waals surface area contributed by atoms with Gasteiger partial charge in [-0.25, -0.2) is 4.39 Å². The normalized spacial score (nSPS) is 22.4. The van der Waals surface area contributed by atoms with E-state index in [0.29, 0.717) is 12.1 Å². The summed E-state index contributed by atoms with van der Waals surface area (Å²) in [6.07, 6.45) is 0.858. The van der Waals surface area contributed by atoms with Gasteiger partial charge in [0.25, 0.3) is 0 Å². The Hall–Kier alpha value is -0.680. The number of hydrogen-bond donors (Lipinski definition) is 1. The quantitative estimate of drug-likeness (QED) is 0.899. The Labute approximate surface area is 132 Å². The van der Waals surface area contributed by atoms with Crippen molar-refractivity contribution in [2.45, 2.75) is 25.4 Å². The Morgan fingerprint density at radius 2 is 2.14 bits per heavy atom. The van der Waals surface area contributed by atoms with E-state index in [2.05, 4.69) is 36.1 Å². The van der Waals surface area contributed by atoms with E-state index in [1.54, 1.807) is 6.07 Å². The number of nitrogens with zero attached hydrogens (tertiary/aromatic N) is 2. The number of hydrogen-bond acceptors (Lipinski definition) is 3. The van der Waals surface area contributed by atoms with E-state index in [0.717, 1.165) is 38.2 Å². The van der Waals surface area contributed by atoms with Crippen LogP contribution in [0.3, 0.4) is 0 Å². The number of nitrogens with one attached hydrogen (secondary N) is 1. The first-order valence-corrected chi connectivity index (χ1v) is 7.95. The molecule has 1 aliphatic rings. The van der Waals surface area contributed by atoms with Crippen LogP contribution in [-0.2, 0) is 6.42 Å². The Morgan fingerprint density at radius 1 is 1.38 bits per heavy atom. The monoisotopic (exact) mass is 313 g/mol. The molecule has 1 aromatic carbocycles. The highest BCUT2D eigenvalue weighted by Crippen LogP contribution is 2.19. The highest BCUT2D eigenvalue weighted by Gasteiger charge is 2.29. The Kier molecular flexibility index (Phi) is 5.99. The highest BCUT2D eigenvalue weighted by atomic mass is 35.5. The smallest absolute Gasteiger partial charge is 0.141 e. The van der Waals surface area contributed by atoms with Crippen molar-refractivity contribution in [2.75, 3.05) is 40.3 Å². The molecule has 1 saturated heterocycles. The maximum Gasteiger partial charge on any atom is 0.141 e. The average Bonchev–Trinajstić information content (AvgIpc) is 2.45. The van der Waals surface area contributed by atoms with Gasteiger partial charge in [-0.05, 0) is 44.8 Å². The first kappa shape index (κ1) is 16.7. The Morgan fingerprint density at radius 3 is 2.81 bits per heavy atom. The summed E-state index contributed by atoms with van der Waals surface area (Å²) < 4.78 is 13.3. The van der Waals surface area contributed by atoms with Gasteiger partial charge in [-0.1, -0.05) is 24.6 Å². The molecular weight excluding hydrogens is 289 g/mol. The third-order valence-electron chi connectivity index (χ3n) is 4.27. The highest BCUT2D eigenvalue weighted by molar-refractivity contribution is 6.30. The molecule has 0 bridgehead atoms. The second kappa shape index (κ2) is 7.54. The lowest BCUT2D eigenvalue weighted by Gasteiger charge is -2.42. The molecule has 2 atom stereocenters. The molecule has 5 heteroatoms. The minimum Gasteiger partial charge on any atom is -0.312 e. The van der Waals surface area contributed by atoms with Crippen molar-refractivity contribution in [3.63, 3.8) is 0 Å². The maximum atomic E-state index is 13.3. The zero-order valence-electron chi connectivity index (χ0n) is 13.1. The molecule has 0 aliphatic carbocycles. The lowest BCUT2D eigenvalue weighted by Crippen LogP contribution is -2.59. The molecule has 1 heterocycles. The standard InChI is InChI=1S/C16H25ClFN3/c1-4-19-15(16-11-20(2)7-8-21(16)3)10-12-5-6-14(18)13(17)9-12/h5-6,9,15-16,19H,4,7-8,10-11H2,1-3H3. The second-order valence-electron chi connectivity index (χ2n) is 5.93. The van der Waals surface area contributed by atoms with Crippen molar-refractivity contribution >= 4 is 11.6 Å². The fraction of sp³-hybridized carbons (Fsp3) is 0.625. The van der Waals surface area contributed by atoms with Crippen LogP contribution in [-0.4, -0.2) is 62.2 Å². The SMILES string of the molecule is CCNC(Cc1ccc(F)c(Cl)c1)C1CN(C)CCN1C. The summed E-state index contributed by atoms with van der Waals surface area (Å²) in [5.74, 6) is -0.352. The molecule has 2 rings (SSSR count). The molecule has 2 unspecified atom stereocenters. The molecule has 0 aromatic heterocycles. The van der Waals surface area contributed by atoms with E-state index in [9.17, 15) is 4.39 Å². The van der Waals surface area contributed by atoms with E-state index in [4.69, 9.17) is 11.6 Å². The number of rotatable bonds is 5. The molecule has 21 heavy (non-hydrogen) atoms. The molecule has 0 saturated carbocycles. The summed E-state index contributed by atoms with van der Waals surface area (Å²) in [5.41, 5.74) is 1.08. The lowest BCUT2D eigenvalue weighted by atomic mass is 9.96. The molecule has 1 aromatic rings. The van der Waals surface area contributed by atoms with Gasteiger partial charge in [0.05, 0.1) is 5.02 Å². The Balaban J connectivity index is 2.12. The molecular formula is C16H25ClFN3. The molecule has 0 radical (unpaired) electrons. The van der Waals surface area contributed by atoms with Gasteiger partial charge < -0.3 is 10.2 Å². The zero-order chi connectivity index (χ0) is 15.4. The summed E-state index contributed by atoms with van der Waals surface area (Å²) >= 11 is 5.90. The fourth-order valence-corrected chi connectivity index (χ4v) is 3.21. The van der Waals surface area contributed by atoms with E-state index >= 15 is 0 Å². The molecule has 118 valence electrons. The largest absolute Gasteiger partial charge is 0.312 e. The average molecular weight is 314 g/mol. The van der Waals surface area contributed by atoms with Crippen LogP contribution >= 0.6 is 11.6 Å². The number of likely N-dealkylation sites (N-methyl/N-ethyl adjacent to an activating group) is 3. The molecule has 1 N–H and O–H groups in total. The molecule has 1 fully saturated rings. The first-order valence-electron chi connectivity index (χ1n) is 7.57. The summed E-state index contributed by atoms with van der Waals surface area (Å²) in [4.78, 5) is 4.78. The summed E-state index contributed by atoms with van der Waals surface area (Å²) in [7, 11) is 4.34. The van der Waals surface area contributed by atoms with Gasteiger partial charge in [0.1, 0.15) is 5.82 Å². The van der Waals surface area contributed by atoms with Crippen LogP contribution in [0.1, 0.15) is 12.5 Å². The lowest BCUT2D eigenvalue weighted by molar-refractivity contribution is 0.0881. The zero-order valence-corrected chi connectivity index (χ0v) is 13.8. The Bertz CT molecular complexity index is 469. The molecule has 0 spiro atoms. The van der Waals surface area contributed by atoms with Crippen LogP contribution in [0.15, 0.2) is 18.2 Å². The molecule has 1 aliphatic heterocycles. The van der Waals surface area contributed by atoms with Gasteiger partial charge in [0, 0.05) is 31.7 Å². The minimum absolute atomic E-state index is 0.205. The van der Waals surface area contributed by atoms with Crippen molar-refractivity contribution < 1.29 is 4.39 Å². The van der Waals surface area contributed by atoms with Gasteiger partial charge in [-0.2, -0.15) is 0 Å². The van der Waals surface area contributed by atoms with E-state index in [1.165, 1.54) is 6.07 Å². The van der Waals surface area contributed by atoms with Crippen molar-refractivity contribution in [1.82, 2.24) is 15.1 Å². The van der Waals surface area contributed by atoms with Crippen molar-refractivity contribution in [3.8, 4) is 0 Å². The van der Waals surface area contributed by atoms with Gasteiger partial charge in [-0.15, -0.1) is 0 Å². The van der Waals surface area contributed by atoms with Gasteiger partial charge in [0.2, 0.25) is 0 Å². The predicted molar refractivity (Wildman–Crippen MR) is 86.5 cm³/mol. The van der Waals surface area contributed by atoms with Crippen molar-refractivity contribution in [1.29, 1.82) is 0 Å². The number of halogens is 2. The van der Waals surface area contributed by atoms with E-state index in [1.807, 2.05) is 6.07 Å². The summed E-state index contributed by atoms with van der Waals surface area (Å²) in [6.45, 7) is 6.27. The first-order chi connectivity index (χ1) is 10.0. The summed E-state index contributed by atoms with van der Waals surface area (Å²) in [6, 6.07) is 5.82. The predicted octanol–water partition coefficient (Wildman–Crippen LogP) is 2.25. The van der Waals surface area contributed by atoms with Crippen molar-refractivity contribution in [2.24, 2.45) is 0 Å². The van der Waals surface area contributed by atoms with Gasteiger partial charge in [0.15, 0.2) is 0 Å².